The van der Waals surface area contributed by atoms with Crippen molar-refractivity contribution in [2.45, 2.75) is 0 Å². The Morgan fingerprint density at radius 1 is 1.33 bits per heavy atom. The molecule has 6 heteroatoms. The van der Waals surface area contributed by atoms with Gasteiger partial charge < -0.3 is 10.5 Å². The van der Waals surface area contributed by atoms with Crippen LogP contribution < -0.4 is 10.5 Å². The molecule has 0 amide bonds. The molecule has 0 aliphatic heterocycles. The molecule has 2 heterocycles. The molecule has 5 nitrogen and oxygen atoms in total. The van der Waals surface area contributed by atoms with Gasteiger partial charge >= 0.3 is 0 Å². The molecule has 0 saturated carbocycles. The second-order valence-corrected chi connectivity index (χ2v) is 4.46. The van der Waals surface area contributed by atoms with Crippen molar-refractivity contribution in [2.75, 3.05) is 12.8 Å². The topological polar surface area (TPSA) is 66.0 Å². The predicted molar refractivity (Wildman–Crippen MR) is 72.0 cm³/mol. The van der Waals surface area contributed by atoms with Gasteiger partial charge in [0.05, 0.1) is 23.0 Å². The van der Waals surface area contributed by atoms with Crippen LogP contribution in [0, 0.1) is 0 Å². The third-order valence-electron chi connectivity index (χ3n) is 2.91. The first-order valence-corrected chi connectivity index (χ1v) is 5.74. The van der Waals surface area contributed by atoms with Crippen molar-refractivity contribution in [1.29, 1.82) is 0 Å². The van der Waals surface area contributed by atoms with Gasteiger partial charge in [-0.3, -0.25) is 0 Å². The fourth-order valence-corrected chi connectivity index (χ4v) is 2.25. The monoisotopic (exact) mass is 262 g/mol. The highest BCUT2D eigenvalue weighted by Crippen LogP contribution is 2.31. The number of anilines is 1. The summed E-state index contributed by atoms with van der Waals surface area (Å²) in [6.45, 7) is 0. The van der Waals surface area contributed by atoms with E-state index in [4.69, 9.17) is 22.1 Å². The van der Waals surface area contributed by atoms with E-state index in [0.717, 1.165) is 21.9 Å². The van der Waals surface area contributed by atoms with Crippen molar-refractivity contribution < 1.29 is 4.74 Å². The SMILES string of the molecule is COc1cc2cc3c(N)nn(C)c3nc2cc1Cl. The molecular formula is C12H11ClN4O. The van der Waals surface area contributed by atoms with Crippen LogP contribution >= 0.6 is 11.6 Å². The third-order valence-corrected chi connectivity index (χ3v) is 3.20. The minimum absolute atomic E-state index is 0.468. The number of aromatic nitrogens is 3. The number of ether oxygens (including phenoxy) is 1. The molecule has 0 unspecified atom stereocenters. The van der Waals surface area contributed by atoms with E-state index in [9.17, 15) is 0 Å². The van der Waals surface area contributed by atoms with Crippen LogP contribution in [-0.4, -0.2) is 21.9 Å². The van der Waals surface area contributed by atoms with Crippen molar-refractivity contribution >= 4 is 39.4 Å². The number of benzene rings is 1. The van der Waals surface area contributed by atoms with E-state index in [1.165, 1.54) is 0 Å². The van der Waals surface area contributed by atoms with E-state index < -0.39 is 0 Å². The molecule has 2 aromatic heterocycles. The summed E-state index contributed by atoms with van der Waals surface area (Å²) >= 11 is 6.09. The molecule has 0 atom stereocenters. The van der Waals surface area contributed by atoms with Gasteiger partial charge in [-0.15, -0.1) is 0 Å². The number of hydrogen-bond donors (Lipinski definition) is 1. The second-order valence-electron chi connectivity index (χ2n) is 4.05. The summed E-state index contributed by atoms with van der Waals surface area (Å²) in [5.74, 6) is 1.09. The number of nitrogens with two attached hydrogens (primary N) is 1. The fourth-order valence-electron chi connectivity index (χ4n) is 2.02. The van der Waals surface area contributed by atoms with Gasteiger partial charge in [0.2, 0.25) is 0 Å². The first kappa shape index (κ1) is 11.1. The van der Waals surface area contributed by atoms with Crippen molar-refractivity contribution in [1.82, 2.24) is 14.8 Å². The van der Waals surface area contributed by atoms with Crippen LogP contribution in [-0.2, 0) is 7.05 Å². The molecule has 2 N–H and O–H groups in total. The lowest BCUT2D eigenvalue weighted by atomic mass is 10.2. The lowest BCUT2D eigenvalue weighted by Crippen LogP contribution is -1.93. The van der Waals surface area contributed by atoms with Crippen molar-refractivity contribution in [3.8, 4) is 5.75 Å². The second kappa shape index (κ2) is 3.74. The van der Waals surface area contributed by atoms with Crippen LogP contribution in [0.3, 0.4) is 0 Å². The maximum Gasteiger partial charge on any atom is 0.160 e. The minimum atomic E-state index is 0.468. The number of hydrogen-bond acceptors (Lipinski definition) is 4. The van der Waals surface area contributed by atoms with E-state index in [1.54, 1.807) is 17.9 Å². The van der Waals surface area contributed by atoms with E-state index in [2.05, 4.69) is 10.1 Å². The number of pyridine rings is 1. The van der Waals surface area contributed by atoms with Crippen LogP contribution in [0.25, 0.3) is 21.9 Å². The number of nitrogens with zero attached hydrogens (tertiary/aromatic N) is 3. The molecule has 0 aliphatic rings. The zero-order valence-electron chi connectivity index (χ0n) is 9.94. The molecule has 3 rings (SSSR count). The number of halogens is 1. The molecule has 1 aromatic carbocycles. The summed E-state index contributed by atoms with van der Waals surface area (Å²) in [4.78, 5) is 4.51. The number of fused-ring (bicyclic) bond motifs is 2. The van der Waals surface area contributed by atoms with Crippen molar-refractivity contribution in [3.05, 3.63) is 23.2 Å². The summed E-state index contributed by atoms with van der Waals surface area (Å²) in [7, 11) is 3.39. The van der Waals surface area contributed by atoms with Crippen LogP contribution in [0.5, 0.6) is 5.75 Å². The van der Waals surface area contributed by atoms with Gasteiger partial charge in [0.25, 0.3) is 0 Å². The Hall–Kier alpha value is -2.01. The summed E-state index contributed by atoms with van der Waals surface area (Å²) < 4.78 is 6.84. The summed E-state index contributed by atoms with van der Waals surface area (Å²) in [5.41, 5.74) is 7.36. The van der Waals surface area contributed by atoms with Crippen molar-refractivity contribution in [2.24, 2.45) is 7.05 Å². The molecule has 3 aromatic rings. The third kappa shape index (κ3) is 1.48. The summed E-state index contributed by atoms with van der Waals surface area (Å²) in [6, 6.07) is 5.56. The first-order valence-electron chi connectivity index (χ1n) is 5.36. The predicted octanol–water partition coefficient (Wildman–Crippen LogP) is 2.37. The van der Waals surface area contributed by atoms with Gasteiger partial charge in [0.15, 0.2) is 11.5 Å². The molecule has 0 bridgehead atoms. The van der Waals surface area contributed by atoms with Crippen LogP contribution in [0.1, 0.15) is 0 Å². The largest absolute Gasteiger partial charge is 0.495 e. The molecular weight excluding hydrogens is 252 g/mol. The van der Waals surface area contributed by atoms with Gasteiger partial charge in [-0.05, 0) is 18.2 Å². The molecule has 0 saturated heterocycles. The van der Waals surface area contributed by atoms with E-state index >= 15 is 0 Å². The number of rotatable bonds is 1. The Morgan fingerprint density at radius 2 is 2.11 bits per heavy atom. The maximum absolute atomic E-state index is 6.09. The van der Waals surface area contributed by atoms with E-state index in [-0.39, 0.29) is 0 Å². The van der Waals surface area contributed by atoms with Crippen molar-refractivity contribution in [3.63, 3.8) is 0 Å². The lowest BCUT2D eigenvalue weighted by molar-refractivity contribution is 0.415. The number of methoxy groups -OCH3 is 1. The van der Waals surface area contributed by atoms with Gasteiger partial charge in [-0.25, -0.2) is 9.67 Å². The molecule has 0 radical (unpaired) electrons. The Kier molecular flexibility index (Phi) is 2.31. The highest BCUT2D eigenvalue weighted by atomic mass is 35.5. The zero-order chi connectivity index (χ0) is 12.9. The van der Waals surface area contributed by atoms with Crippen LogP contribution in [0.2, 0.25) is 5.02 Å². The summed E-state index contributed by atoms with van der Waals surface area (Å²) in [6.07, 6.45) is 0. The molecule has 0 fully saturated rings. The average molecular weight is 263 g/mol. The highest BCUT2D eigenvalue weighted by molar-refractivity contribution is 6.32. The normalized spacial score (nSPS) is 11.3. The molecule has 92 valence electrons. The standard InChI is InChI=1S/C12H11ClN4O/c1-17-12-7(11(14)16-17)3-6-4-10(18-2)8(13)5-9(6)15-12/h3-5H,1-2H3,(H2,14,16). The molecule has 0 spiro atoms. The Balaban J connectivity index is 2.43. The first-order chi connectivity index (χ1) is 8.60. The van der Waals surface area contributed by atoms with Gasteiger partial charge in [-0.1, -0.05) is 11.6 Å². The fraction of sp³-hybridized carbons (Fsp3) is 0.167. The highest BCUT2D eigenvalue weighted by Gasteiger charge is 2.11. The number of nitrogen functional groups attached to an aromatic ring is 1. The zero-order valence-corrected chi connectivity index (χ0v) is 10.7. The smallest absolute Gasteiger partial charge is 0.160 e. The van der Waals surface area contributed by atoms with Gasteiger partial charge in [0.1, 0.15) is 5.75 Å². The van der Waals surface area contributed by atoms with Crippen LogP contribution in [0.4, 0.5) is 5.82 Å². The Morgan fingerprint density at radius 3 is 2.83 bits per heavy atom. The minimum Gasteiger partial charge on any atom is -0.495 e. The van der Waals surface area contributed by atoms with E-state index in [1.807, 2.05) is 19.2 Å². The van der Waals surface area contributed by atoms with Gasteiger partial charge in [-0.2, -0.15) is 5.10 Å². The lowest BCUT2D eigenvalue weighted by Gasteiger charge is -2.05. The average Bonchev–Trinajstić information content (AvgIpc) is 2.61. The van der Waals surface area contributed by atoms with E-state index in [0.29, 0.717) is 16.6 Å². The molecule has 0 aliphatic carbocycles. The number of aryl methyl sites for hydroxylation is 1. The molecule has 18 heavy (non-hydrogen) atoms. The quantitative estimate of drug-likeness (QED) is 0.731. The van der Waals surface area contributed by atoms with Gasteiger partial charge in [0, 0.05) is 12.4 Å². The maximum atomic E-state index is 6.09. The Bertz CT molecular complexity index is 766. The summed E-state index contributed by atoms with van der Waals surface area (Å²) in [5, 5.41) is 6.43. The Labute approximate surface area is 108 Å². The van der Waals surface area contributed by atoms with Crippen LogP contribution in [0.15, 0.2) is 18.2 Å².